The lowest BCUT2D eigenvalue weighted by atomic mass is 10.2. The summed E-state index contributed by atoms with van der Waals surface area (Å²) in [6, 6.07) is 14.8. The average molecular weight is 331 g/mol. The van der Waals surface area contributed by atoms with Crippen LogP contribution >= 0.6 is 0 Å². The molecule has 0 aliphatic heterocycles. The van der Waals surface area contributed by atoms with E-state index in [0.29, 0.717) is 6.54 Å². The van der Waals surface area contributed by atoms with Crippen molar-refractivity contribution in [1.29, 1.82) is 0 Å². The fourth-order valence-corrected chi connectivity index (χ4v) is 1.68. The van der Waals surface area contributed by atoms with Crippen molar-refractivity contribution < 1.29 is 15.8 Å². The number of carbonyl (C=O) groups is 2. The number of rotatable bonds is 6. The Bertz CT molecular complexity index is 554. The molecule has 0 unspecified atom stereocenters. The van der Waals surface area contributed by atoms with Crippen LogP contribution in [0.25, 0.3) is 0 Å². The van der Waals surface area contributed by atoms with Crippen LogP contribution in [0.1, 0.15) is 26.5 Å². The van der Waals surface area contributed by atoms with Gasteiger partial charge in [0.15, 0.2) is 0 Å². The van der Waals surface area contributed by atoms with Crippen molar-refractivity contribution in [2.45, 2.75) is 27.0 Å². The van der Waals surface area contributed by atoms with E-state index in [4.69, 9.17) is 4.74 Å². The molecular weight excluding hydrogens is 306 g/mol. The van der Waals surface area contributed by atoms with Gasteiger partial charge in [-0.1, -0.05) is 50.2 Å². The molecule has 6 nitrogen and oxygen atoms in total. The number of pyridine rings is 1. The molecule has 1 aromatic carbocycles. The number of nitrogens with one attached hydrogen (secondary N) is 2. The Labute approximate surface area is 143 Å². The zero-order valence-electron chi connectivity index (χ0n) is 14.0. The molecule has 2 rings (SSSR count). The van der Waals surface area contributed by atoms with Gasteiger partial charge in [0, 0.05) is 7.62 Å². The zero-order chi connectivity index (χ0) is 17.6. The standard InChI is InChI=1S/C16H17N3O3.C2H6.H2/c20-15(18-10-14-8-4-5-9-17-14)11-19-16(21)22-12-13-6-2-1-3-7-13;1-2;/h1-9H,10-12H2,(H,18,20)(H,19,21);1-2H3;1H. The molecule has 1 heterocycles. The largest absolute Gasteiger partial charge is 0.445 e. The van der Waals surface area contributed by atoms with Crippen molar-refractivity contribution in [2.24, 2.45) is 0 Å². The average Bonchev–Trinajstić information content (AvgIpc) is 2.66. The Balaban J connectivity index is 0.00000185. The molecule has 130 valence electrons. The van der Waals surface area contributed by atoms with Gasteiger partial charge < -0.3 is 15.4 Å². The fraction of sp³-hybridized carbons (Fsp3) is 0.278. The normalized spacial score (nSPS) is 9.25. The maximum absolute atomic E-state index is 11.6. The lowest BCUT2D eigenvalue weighted by molar-refractivity contribution is -0.120. The van der Waals surface area contributed by atoms with Crippen LogP contribution in [0.15, 0.2) is 54.7 Å². The number of nitrogens with zero attached hydrogens (tertiary/aromatic N) is 1. The van der Waals surface area contributed by atoms with Gasteiger partial charge in [-0.15, -0.1) is 0 Å². The molecule has 0 saturated carbocycles. The summed E-state index contributed by atoms with van der Waals surface area (Å²) < 4.78 is 5.00. The third kappa shape index (κ3) is 7.93. The summed E-state index contributed by atoms with van der Waals surface area (Å²) >= 11 is 0. The highest BCUT2D eigenvalue weighted by Gasteiger charge is 2.06. The molecule has 0 atom stereocenters. The summed E-state index contributed by atoms with van der Waals surface area (Å²) in [5.74, 6) is -0.303. The number of ether oxygens (including phenoxy) is 1. The highest BCUT2D eigenvalue weighted by atomic mass is 16.5. The molecule has 0 spiro atoms. The van der Waals surface area contributed by atoms with Crippen molar-refractivity contribution in [3.8, 4) is 0 Å². The van der Waals surface area contributed by atoms with Crippen molar-refractivity contribution in [2.75, 3.05) is 6.54 Å². The molecule has 2 N–H and O–H groups in total. The Hall–Kier alpha value is -2.89. The minimum absolute atomic E-state index is 0. The Morgan fingerprint density at radius 2 is 1.75 bits per heavy atom. The lowest BCUT2D eigenvalue weighted by Crippen LogP contribution is -2.36. The molecule has 0 saturated heterocycles. The first kappa shape index (κ1) is 19.2. The number of alkyl carbamates (subject to hydrolysis) is 1. The quantitative estimate of drug-likeness (QED) is 0.853. The minimum atomic E-state index is -0.628. The molecule has 2 amide bonds. The number of hydrogen-bond donors (Lipinski definition) is 2. The lowest BCUT2D eigenvalue weighted by Gasteiger charge is -2.07. The summed E-state index contributed by atoms with van der Waals surface area (Å²) in [5, 5.41) is 5.05. The second-order valence-corrected chi connectivity index (χ2v) is 4.51. The van der Waals surface area contributed by atoms with Crippen molar-refractivity contribution in [3.05, 3.63) is 66.0 Å². The van der Waals surface area contributed by atoms with Crippen LogP contribution in [0.4, 0.5) is 4.79 Å². The van der Waals surface area contributed by atoms with Crippen LogP contribution in [-0.4, -0.2) is 23.5 Å². The van der Waals surface area contributed by atoms with Gasteiger partial charge in [-0.05, 0) is 17.7 Å². The molecule has 0 radical (unpaired) electrons. The Kier molecular flexibility index (Phi) is 9.30. The number of aromatic nitrogens is 1. The minimum Gasteiger partial charge on any atom is -0.445 e. The van der Waals surface area contributed by atoms with Gasteiger partial charge in [0.05, 0.1) is 12.2 Å². The van der Waals surface area contributed by atoms with Gasteiger partial charge in [-0.3, -0.25) is 9.78 Å². The molecule has 6 heteroatoms. The van der Waals surface area contributed by atoms with E-state index in [0.717, 1.165) is 11.3 Å². The molecule has 2 aromatic rings. The van der Waals surface area contributed by atoms with E-state index in [1.54, 1.807) is 12.3 Å². The molecule has 0 aliphatic rings. The van der Waals surface area contributed by atoms with Gasteiger partial charge in [0.25, 0.3) is 0 Å². The molecule has 1 aromatic heterocycles. The van der Waals surface area contributed by atoms with Crippen LogP contribution < -0.4 is 10.6 Å². The highest BCUT2D eigenvalue weighted by Crippen LogP contribution is 2.00. The van der Waals surface area contributed by atoms with Gasteiger partial charge in [-0.25, -0.2) is 4.79 Å². The van der Waals surface area contributed by atoms with Crippen LogP contribution in [0.2, 0.25) is 0 Å². The van der Waals surface area contributed by atoms with Crippen molar-refractivity contribution in [3.63, 3.8) is 0 Å². The maximum Gasteiger partial charge on any atom is 0.407 e. The van der Waals surface area contributed by atoms with E-state index >= 15 is 0 Å². The Morgan fingerprint density at radius 3 is 2.42 bits per heavy atom. The summed E-state index contributed by atoms with van der Waals surface area (Å²) in [4.78, 5) is 27.1. The van der Waals surface area contributed by atoms with Gasteiger partial charge in [0.1, 0.15) is 13.2 Å². The maximum atomic E-state index is 11.6. The zero-order valence-corrected chi connectivity index (χ0v) is 14.0. The first-order valence-electron chi connectivity index (χ1n) is 7.85. The third-order valence-electron chi connectivity index (χ3n) is 2.80. The first-order valence-corrected chi connectivity index (χ1v) is 7.85. The Morgan fingerprint density at radius 1 is 1.04 bits per heavy atom. The van der Waals surface area contributed by atoms with Gasteiger partial charge >= 0.3 is 6.09 Å². The van der Waals surface area contributed by atoms with E-state index in [1.165, 1.54) is 0 Å². The molecule has 24 heavy (non-hydrogen) atoms. The molecule has 0 fully saturated rings. The number of amides is 2. The van der Waals surface area contributed by atoms with Crippen LogP contribution in [0.3, 0.4) is 0 Å². The number of hydrogen-bond acceptors (Lipinski definition) is 4. The summed E-state index contributed by atoms with van der Waals surface area (Å²) in [6.45, 7) is 4.35. The van der Waals surface area contributed by atoms with E-state index in [9.17, 15) is 9.59 Å². The van der Waals surface area contributed by atoms with Crippen LogP contribution in [0, 0.1) is 0 Å². The van der Waals surface area contributed by atoms with Gasteiger partial charge in [0.2, 0.25) is 5.91 Å². The SMILES string of the molecule is CC.O=C(CNC(=O)OCc1ccccc1)NCc1ccccn1.[HH]. The van der Waals surface area contributed by atoms with Gasteiger partial charge in [-0.2, -0.15) is 0 Å². The number of benzene rings is 1. The predicted molar refractivity (Wildman–Crippen MR) is 94.2 cm³/mol. The van der Waals surface area contributed by atoms with E-state index in [1.807, 2.05) is 56.3 Å². The molecular formula is C18H25N3O3. The summed E-state index contributed by atoms with van der Waals surface area (Å²) in [6.07, 6.45) is 1.03. The smallest absolute Gasteiger partial charge is 0.407 e. The predicted octanol–water partition coefficient (Wildman–Crippen LogP) is 2.90. The topological polar surface area (TPSA) is 80.3 Å². The number of carbonyl (C=O) groups excluding carboxylic acids is 2. The van der Waals surface area contributed by atoms with Crippen LogP contribution in [0.5, 0.6) is 0 Å². The van der Waals surface area contributed by atoms with Crippen molar-refractivity contribution in [1.82, 2.24) is 15.6 Å². The summed E-state index contributed by atoms with van der Waals surface area (Å²) in [7, 11) is 0. The van der Waals surface area contributed by atoms with E-state index in [2.05, 4.69) is 15.6 Å². The second kappa shape index (κ2) is 11.6. The highest BCUT2D eigenvalue weighted by molar-refractivity contribution is 5.82. The van der Waals surface area contributed by atoms with Crippen LogP contribution in [-0.2, 0) is 22.7 Å². The molecule has 0 aliphatic carbocycles. The van der Waals surface area contributed by atoms with E-state index < -0.39 is 6.09 Å². The third-order valence-corrected chi connectivity index (χ3v) is 2.80. The summed E-state index contributed by atoms with van der Waals surface area (Å²) in [5.41, 5.74) is 1.64. The fourth-order valence-electron chi connectivity index (χ4n) is 1.68. The second-order valence-electron chi connectivity index (χ2n) is 4.51. The molecule has 0 bridgehead atoms. The monoisotopic (exact) mass is 331 g/mol. The first-order chi connectivity index (χ1) is 11.7. The van der Waals surface area contributed by atoms with E-state index in [-0.39, 0.29) is 20.5 Å². The van der Waals surface area contributed by atoms with Crippen molar-refractivity contribution >= 4 is 12.0 Å².